The first-order valence-electron chi connectivity index (χ1n) is 10.4. The van der Waals surface area contributed by atoms with E-state index in [2.05, 4.69) is 13.2 Å². The molecular weight excluding hydrogens is 519 g/mol. The summed E-state index contributed by atoms with van der Waals surface area (Å²) < 4.78 is 92.5. The summed E-state index contributed by atoms with van der Waals surface area (Å²) in [5.41, 5.74) is -1.27. The molecule has 36 heavy (non-hydrogen) atoms. The Bertz CT molecular complexity index is 1550. The smallest absolute Gasteiger partial charge is 0.416 e. The van der Waals surface area contributed by atoms with Crippen molar-refractivity contribution in [2.75, 3.05) is 5.75 Å². The largest absolute Gasteiger partial charge is 0.481 e. The molecule has 0 saturated heterocycles. The molecule has 0 saturated carbocycles. The lowest BCUT2D eigenvalue weighted by atomic mass is 10.1. The topological polar surface area (TPSA) is 111 Å². The number of sulfone groups is 1. The van der Waals surface area contributed by atoms with Crippen molar-refractivity contribution in [3.8, 4) is 0 Å². The number of carboxylic acids is 1. The van der Waals surface area contributed by atoms with Gasteiger partial charge in [-0.05, 0) is 48.9 Å². The minimum absolute atomic E-state index is 0.0577. The van der Waals surface area contributed by atoms with E-state index in [4.69, 9.17) is 0 Å². The van der Waals surface area contributed by atoms with Gasteiger partial charge in [0.15, 0.2) is 9.84 Å². The summed E-state index contributed by atoms with van der Waals surface area (Å²) in [7, 11) is -8.18. The lowest BCUT2D eigenvalue weighted by Crippen LogP contribution is -2.24. The van der Waals surface area contributed by atoms with Gasteiger partial charge in [0.25, 0.3) is 0 Å². The van der Waals surface area contributed by atoms with Crippen LogP contribution in [0.1, 0.15) is 34.9 Å². The Morgan fingerprint density at radius 1 is 1.06 bits per heavy atom. The second-order valence-corrected chi connectivity index (χ2v) is 11.9. The van der Waals surface area contributed by atoms with Crippen LogP contribution in [0.15, 0.2) is 78.7 Å². The lowest BCUT2D eigenvalue weighted by Gasteiger charge is -2.20. The van der Waals surface area contributed by atoms with E-state index in [0.717, 1.165) is 28.2 Å². The van der Waals surface area contributed by atoms with E-state index in [1.165, 1.54) is 37.3 Å². The number of rotatable bonds is 9. The van der Waals surface area contributed by atoms with Crippen LogP contribution in [-0.4, -0.2) is 37.6 Å². The number of carbonyl (C=O) groups is 1. The number of nitrogens with zero attached hydrogens (tertiary/aromatic N) is 1. The fourth-order valence-corrected chi connectivity index (χ4v) is 6.73. The summed E-state index contributed by atoms with van der Waals surface area (Å²) in [4.78, 5) is 11.6. The highest BCUT2D eigenvalue weighted by atomic mass is 32.2. The molecule has 0 fully saturated rings. The van der Waals surface area contributed by atoms with Crippen LogP contribution in [0.25, 0.3) is 10.9 Å². The molecule has 12 heteroatoms. The SMILES string of the molecule is C=CCS(=O)(=O)c1ccc(C(C=C)S(=O)(=O)n2c(C(C)C(=O)O)cc3cc(C(F)(F)F)ccc32)cc1. The van der Waals surface area contributed by atoms with Crippen LogP contribution in [0.2, 0.25) is 0 Å². The van der Waals surface area contributed by atoms with Crippen molar-refractivity contribution in [2.24, 2.45) is 0 Å². The number of hydrogen-bond acceptors (Lipinski definition) is 5. The standard InChI is InChI=1S/C24H22F3NO6S2/c1-4-12-35(31,32)19-9-6-16(7-10-19)22(5-2)36(33,34)28-20-11-8-18(24(25,26)27)13-17(20)14-21(28)15(3)23(29)30/h4-11,13-15,22H,1-2,12H2,3H3,(H,29,30). The second-order valence-electron chi connectivity index (χ2n) is 8.01. The molecule has 0 aliphatic rings. The average molecular weight is 542 g/mol. The third-order valence-electron chi connectivity index (χ3n) is 5.62. The molecule has 0 radical (unpaired) electrons. The van der Waals surface area contributed by atoms with Gasteiger partial charge in [0.2, 0.25) is 10.0 Å². The summed E-state index contributed by atoms with van der Waals surface area (Å²) in [6, 6.07) is 8.56. The van der Waals surface area contributed by atoms with Gasteiger partial charge in [0.1, 0.15) is 5.25 Å². The number of aliphatic carboxylic acids is 1. The van der Waals surface area contributed by atoms with Crippen molar-refractivity contribution in [3.05, 3.63) is 90.7 Å². The molecule has 0 aliphatic carbocycles. The van der Waals surface area contributed by atoms with E-state index >= 15 is 0 Å². The Kier molecular flexibility index (Phi) is 7.24. The monoisotopic (exact) mass is 541 g/mol. The molecule has 0 spiro atoms. The number of fused-ring (bicyclic) bond motifs is 1. The highest BCUT2D eigenvalue weighted by Crippen LogP contribution is 2.37. The fraction of sp³-hybridized carbons (Fsp3) is 0.208. The molecule has 0 bridgehead atoms. The van der Waals surface area contributed by atoms with Crippen molar-refractivity contribution in [2.45, 2.75) is 29.2 Å². The van der Waals surface area contributed by atoms with Gasteiger partial charge in [-0.25, -0.2) is 20.8 Å². The van der Waals surface area contributed by atoms with Crippen LogP contribution in [0.3, 0.4) is 0 Å². The quantitative estimate of drug-likeness (QED) is 0.386. The van der Waals surface area contributed by atoms with Crippen molar-refractivity contribution >= 4 is 36.7 Å². The minimum Gasteiger partial charge on any atom is -0.481 e. The van der Waals surface area contributed by atoms with Crippen LogP contribution < -0.4 is 0 Å². The number of aromatic nitrogens is 1. The van der Waals surface area contributed by atoms with Gasteiger partial charge in [-0.2, -0.15) is 13.2 Å². The molecule has 3 rings (SSSR count). The second kappa shape index (κ2) is 9.58. The van der Waals surface area contributed by atoms with Crippen LogP contribution in [0, 0.1) is 0 Å². The first-order valence-corrected chi connectivity index (χ1v) is 13.6. The highest BCUT2D eigenvalue weighted by molar-refractivity contribution is 7.91. The van der Waals surface area contributed by atoms with Crippen molar-refractivity contribution in [1.82, 2.24) is 3.97 Å². The molecule has 0 aliphatic heterocycles. The zero-order valence-corrected chi connectivity index (χ0v) is 20.6. The summed E-state index contributed by atoms with van der Waals surface area (Å²) in [6.45, 7) is 8.17. The van der Waals surface area contributed by atoms with Crippen molar-refractivity contribution in [3.63, 3.8) is 0 Å². The molecule has 192 valence electrons. The van der Waals surface area contributed by atoms with Crippen LogP contribution in [-0.2, 0) is 30.8 Å². The van der Waals surface area contributed by atoms with Gasteiger partial charge in [0, 0.05) is 11.1 Å². The molecule has 1 aromatic heterocycles. The van der Waals surface area contributed by atoms with Gasteiger partial charge in [-0.3, -0.25) is 4.79 Å². The van der Waals surface area contributed by atoms with Crippen LogP contribution in [0.5, 0.6) is 0 Å². The van der Waals surface area contributed by atoms with Crippen molar-refractivity contribution < 1.29 is 39.9 Å². The Labute approximate surface area is 206 Å². The molecule has 1 N–H and O–H groups in total. The molecule has 1 heterocycles. The van der Waals surface area contributed by atoms with Gasteiger partial charge >= 0.3 is 12.1 Å². The molecular formula is C24H22F3NO6S2. The van der Waals surface area contributed by atoms with E-state index in [0.29, 0.717) is 6.07 Å². The first-order chi connectivity index (χ1) is 16.6. The third-order valence-corrected chi connectivity index (χ3v) is 9.31. The predicted molar refractivity (Wildman–Crippen MR) is 129 cm³/mol. The van der Waals surface area contributed by atoms with E-state index in [1.54, 1.807) is 0 Å². The van der Waals surface area contributed by atoms with Crippen LogP contribution in [0.4, 0.5) is 13.2 Å². The third kappa shape index (κ3) is 4.96. The maximum atomic E-state index is 13.8. The highest BCUT2D eigenvalue weighted by Gasteiger charge is 2.35. The van der Waals surface area contributed by atoms with Crippen molar-refractivity contribution in [1.29, 1.82) is 0 Å². The Hall–Kier alpha value is -3.38. The van der Waals surface area contributed by atoms with Gasteiger partial charge in [0.05, 0.1) is 27.6 Å². The molecule has 2 unspecified atom stereocenters. The van der Waals surface area contributed by atoms with E-state index in [-0.39, 0.29) is 32.8 Å². The molecule has 2 aromatic carbocycles. The molecule has 0 amide bonds. The molecule has 7 nitrogen and oxygen atoms in total. The minimum atomic E-state index is -4.69. The summed E-state index contributed by atoms with van der Waals surface area (Å²) in [5, 5.41) is 7.95. The van der Waals surface area contributed by atoms with E-state index in [9.17, 15) is 39.9 Å². The maximum absolute atomic E-state index is 13.8. The Balaban J connectivity index is 2.23. The number of carboxylic acid groups (broad SMARTS) is 1. The molecule has 2 atom stereocenters. The first kappa shape index (κ1) is 27.2. The number of hydrogen-bond donors (Lipinski definition) is 1. The average Bonchev–Trinajstić information content (AvgIpc) is 3.18. The number of halogens is 3. The van der Waals surface area contributed by atoms with E-state index in [1.807, 2.05) is 0 Å². The summed E-state index contributed by atoms with van der Waals surface area (Å²) in [6.07, 6.45) is -2.40. The van der Waals surface area contributed by atoms with Gasteiger partial charge < -0.3 is 5.11 Å². The number of benzene rings is 2. The Morgan fingerprint density at radius 3 is 2.17 bits per heavy atom. The summed E-state index contributed by atoms with van der Waals surface area (Å²) in [5.74, 6) is -3.07. The zero-order chi connectivity index (χ0) is 27.1. The van der Waals surface area contributed by atoms with Crippen LogP contribution >= 0.6 is 0 Å². The zero-order valence-electron chi connectivity index (χ0n) is 18.9. The maximum Gasteiger partial charge on any atom is 0.416 e. The summed E-state index contributed by atoms with van der Waals surface area (Å²) >= 11 is 0. The lowest BCUT2D eigenvalue weighted by molar-refractivity contribution is -0.139. The predicted octanol–water partition coefficient (Wildman–Crippen LogP) is 4.91. The Morgan fingerprint density at radius 2 is 1.67 bits per heavy atom. The van der Waals surface area contributed by atoms with Gasteiger partial charge in [-0.1, -0.05) is 24.3 Å². The van der Waals surface area contributed by atoms with E-state index < -0.39 is 48.7 Å². The van der Waals surface area contributed by atoms with Gasteiger partial charge in [-0.15, -0.1) is 13.2 Å². The fourth-order valence-electron chi connectivity index (χ4n) is 3.76. The molecule has 3 aromatic rings. The normalized spacial score (nSPS) is 14.3. The number of alkyl halides is 3.